The maximum atomic E-state index is 12.8. The molecule has 6 rings (SSSR count). The molecule has 0 radical (unpaired) electrons. The molecule has 1 heterocycles. The van der Waals surface area contributed by atoms with Crippen molar-refractivity contribution < 1.29 is 4.79 Å². The molecule has 4 aliphatic rings. The van der Waals surface area contributed by atoms with Crippen molar-refractivity contribution in [2.75, 3.05) is 5.75 Å². The minimum atomic E-state index is 0.156. The molecule has 4 heteroatoms. The first kappa shape index (κ1) is 20.4. The fraction of sp³-hybridized carbons (Fsp3) is 0.615. The van der Waals surface area contributed by atoms with E-state index in [1.807, 2.05) is 0 Å². The lowest BCUT2D eigenvalue weighted by atomic mass is 9.48. The Balaban J connectivity index is 1.24. The van der Waals surface area contributed by atoms with Crippen LogP contribution in [0.25, 0.3) is 10.9 Å². The third-order valence-corrected chi connectivity index (χ3v) is 9.08. The molecule has 4 bridgehead atoms. The highest BCUT2D eigenvalue weighted by Gasteiger charge is 2.53. The van der Waals surface area contributed by atoms with Crippen molar-refractivity contribution in [3.8, 4) is 0 Å². The van der Waals surface area contributed by atoms with Gasteiger partial charge in [-0.15, -0.1) is 0 Å². The molecule has 0 spiro atoms. The van der Waals surface area contributed by atoms with Crippen LogP contribution in [0.2, 0.25) is 0 Å². The van der Waals surface area contributed by atoms with Gasteiger partial charge in [-0.3, -0.25) is 4.79 Å². The van der Waals surface area contributed by atoms with Crippen LogP contribution in [-0.2, 0) is 4.79 Å². The molecular weight excluding hydrogens is 388 g/mol. The zero-order valence-corrected chi connectivity index (χ0v) is 19.6. The number of aromatic nitrogens is 1. The summed E-state index contributed by atoms with van der Waals surface area (Å²) in [5, 5.41) is 5.56. The highest BCUT2D eigenvalue weighted by molar-refractivity contribution is 7.99. The van der Waals surface area contributed by atoms with E-state index in [9.17, 15) is 4.79 Å². The van der Waals surface area contributed by atoms with Gasteiger partial charge in [0.15, 0.2) is 0 Å². The minimum absolute atomic E-state index is 0.156. The second-order valence-electron chi connectivity index (χ2n) is 10.6. The van der Waals surface area contributed by atoms with Crippen molar-refractivity contribution in [3.63, 3.8) is 0 Å². The number of rotatable bonds is 5. The van der Waals surface area contributed by atoms with Gasteiger partial charge in [0.2, 0.25) is 5.91 Å². The van der Waals surface area contributed by atoms with Gasteiger partial charge in [-0.05, 0) is 113 Å². The molecule has 0 saturated heterocycles. The number of hydrogen-bond donors (Lipinski definition) is 1. The van der Waals surface area contributed by atoms with Gasteiger partial charge < -0.3 is 5.32 Å². The summed E-state index contributed by atoms with van der Waals surface area (Å²) in [6, 6.07) is 6.81. The predicted octanol–water partition coefficient (Wildman–Crippen LogP) is 5.97. The maximum Gasteiger partial charge on any atom is 0.230 e. The topological polar surface area (TPSA) is 42.0 Å². The zero-order valence-electron chi connectivity index (χ0n) is 18.8. The number of pyridine rings is 1. The fourth-order valence-electron chi connectivity index (χ4n) is 7.17. The van der Waals surface area contributed by atoms with Crippen molar-refractivity contribution in [2.45, 2.75) is 77.3 Å². The molecule has 2 aromatic rings. The Bertz CT molecular complexity index is 963. The quantitative estimate of drug-likeness (QED) is 0.603. The minimum Gasteiger partial charge on any atom is -0.352 e. The summed E-state index contributed by atoms with van der Waals surface area (Å²) in [4.78, 5) is 17.7. The molecule has 4 fully saturated rings. The van der Waals surface area contributed by atoms with Crippen LogP contribution < -0.4 is 5.32 Å². The number of carbonyl (C=O) groups is 1. The second kappa shape index (κ2) is 7.55. The van der Waals surface area contributed by atoms with Crippen LogP contribution >= 0.6 is 11.8 Å². The largest absolute Gasteiger partial charge is 0.352 e. The first-order valence-corrected chi connectivity index (χ1v) is 12.6. The summed E-state index contributed by atoms with van der Waals surface area (Å²) in [7, 11) is 0. The van der Waals surface area contributed by atoms with Gasteiger partial charge in [0.05, 0.1) is 16.3 Å². The van der Waals surface area contributed by atoms with E-state index in [4.69, 9.17) is 4.98 Å². The molecular formula is C26H34N2OS. The van der Waals surface area contributed by atoms with Crippen molar-refractivity contribution in [2.24, 2.45) is 23.2 Å². The van der Waals surface area contributed by atoms with E-state index in [2.05, 4.69) is 51.2 Å². The van der Waals surface area contributed by atoms with E-state index in [-0.39, 0.29) is 11.9 Å². The first-order chi connectivity index (χ1) is 14.3. The predicted molar refractivity (Wildman–Crippen MR) is 125 cm³/mol. The Morgan fingerprint density at radius 3 is 2.33 bits per heavy atom. The molecule has 3 nitrogen and oxygen atoms in total. The summed E-state index contributed by atoms with van der Waals surface area (Å²) in [6.07, 6.45) is 8.33. The molecule has 4 aliphatic carbocycles. The zero-order chi connectivity index (χ0) is 21.0. The molecule has 1 amide bonds. The molecule has 30 heavy (non-hydrogen) atoms. The molecule has 0 aliphatic heterocycles. The van der Waals surface area contributed by atoms with E-state index in [1.54, 1.807) is 11.8 Å². The summed E-state index contributed by atoms with van der Waals surface area (Å²) in [6.45, 7) is 8.65. The summed E-state index contributed by atoms with van der Waals surface area (Å²) < 4.78 is 0. The van der Waals surface area contributed by atoms with Gasteiger partial charge in [0.1, 0.15) is 0 Å². The Kier molecular flexibility index (Phi) is 5.12. The third kappa shape index (κ3) is 3.66. The van der Waals surface area contributed by atoms with E-state index < -0.39 is 0 Å². The average Bonchev–Trinajstić information content (AvgIpc) is 2.66. The van der Waals surface area contributed by atoms with Crippen LogP contribution in [0.4, 0.5) is 0 Å². The van der Waals surface area contributed by atoms with Crippen LogP contribution in [0.15, 0.2) is 23.2 Å². The Morgan fingerprint density at radius 1 is 1.07 bits per heavy atom. The summed E-state index contributed by atoms with van der Waals surface area (Å²) in [5.41, 5.74) is 5.13. The maximum absolute atomic E-state index is 12.8. The van der Waals surface area contributed by atoms with E-state index in [1.165, 1.54) is 60.6 Å². The molecule has 160 valence electrons. The van der Waals surface area contributed by atoms with E-state index in [0.29, 0.717) is 11.2 Å². The van der Waals surface area contributed by atoms with Gasteiger partial charge in [0.25, 0.3) is 0 Å². The van der Waals surface area contributed by atoms with Gasteiger partial charge in [-0.1, -0.05) is 23.4 Å². The lowest BCUT2D eigenvalue weighted by molar-refractivity contribution is -0.123. The van der Waals surface area contributed by atoms with Gasteiger partial charge in [-0.2, -0.15) is 0 Å². The number of benzene rings is 1. The van der Waals surface area contributed by atoms with Crippen LogP contribution in [0.3, 0.4) is 0 Å². The number of nitrogens with one attached hydrogen (secondary N) is 1. The van der Waals surface area contributed by atoms with Gasteiger partial charge >= 0.3 is 0 Å². The number of nitrogens with zero attached hydrogens (tertiary/aromatic N) is 1. The lowest BCUT2D eigenvalue weighted by Crippen LogP contribution is -2.56. The summed E-state index contributed by atoms with van der Waals surface area (Å²) >= 11 is 1.57. The third-order valence-electron chi connectivity index (χ3n) is 8.16. The second-order valence-corrected chi connectivity index (χ2v) is 11.6. The smallest absolute Gasteiger partial charge is 0.230 e. The highest BCUT2D eigenvalue weighted by Crippen LogP contribution is 2.61. The highest BCUT2D eigenvalue weighted by atomic mass is 32.2. The summed E-state index contributed by atoms with van der Waals surface area (Å²) in [5.74, 6) is 3.35. The first-order valence-electron chi connectivity index (χ1n) is 11.6. The van der Waals surface area contributed by atoms with Gasteiger partial charge in [0, 0.05) is 11.4 Å². The van der Waals surface area contributed by atoms with E-state index in [0.717, 1.165) is 28.3 Å². The Labute approximate surface area is 184 Å². The molecule has 4 saturated carbocycles. The van der Waals surface area contributed by atoms with Crippen molar-refractivity contribution >= 4 is 28.6 Å². The Hall–Kier alpha value is -1.55. The number of aryl methyl sites for hydroxylation is 3. The lowest BCUT2D eigenvalue weighted by Gasteiger charge is -2.59. The molecule has 1 N–H and O–H groups in total. The number of thioether (sulfide) groups is 1. The SMILES string of the molecule is Cc1cc(C)c2nc(SCC(=O)N[C@@H](C)C34CC5CC(CC(C5)C3)C4)cc(C)c2c1. The number of hydrogen-bond acceptors (Lipinski definition) is 3. The van der Waals surface area contributed by atoms with Crippen LogP contribution in [0, 0.1) is 43.9 Å². The molecule has 0 unspecified atom stereocenters. The molecule has 1 atom stereocenters. The monoisotopic (exact) mass is 422 g/mol. The normalized spacial score (nSPS) is 30.6. The van der Waals surface area contributed by atoms with Crippen molar-refractivity contribution in [3.05, 3.63) is 34.9 Å². The van der Waals surface area contributed by atoms with E-state index >= 15 is 0 Å². The number of amides is 1. The molecule has 1 aromatic carbocycles. The van der Waals surface area contributed by atoms with Crippen LogP contribution in [-0.4, -0.2) is 22.7 Å². The number of carbonyl (C=O) groups excluding carboxylic acids is 1. The fourth-order valence-corrected chi connectivity index (χ4v) is 7.95. The van der Waals surface area contributed by atoms with Crippen molar-refractivity contribution in [1.82, 2.24) is 10.3 Å². The average molecular weight is 423 g/mol. The Morgan fingerprint density at radius 2 is 1.70 bits per heavy atom. The van der Waals surface area contributed by atoms with Crippen LogP contribution in [0.5, 0.6) is 0 Å². The molecule has 1 aromatic heterocycles. The van der Waals surface area contributed by atoms with Crippen LogP contribution in [0.1, 0.15) is 62.1 Å². The van der Waals surface area contributed by atoms with Crippen molar-refractivity contribution in [1.29, 1.82) is 0 Å². The van der Waals surface area contributed by atoms with Gasteiger partial charge in [-0.25, -0.2) is 4.98 Å². The standard InChI is InChI=1S/C26H34N2OS/c1-15-5-17(3)25-22(6-15)16(2)7-24(28-25)30-14-23(29)27-18(4)26-11-19-8-20(12-26)10-21(9-19)13-26/h5-7,18-21H,8-14H2,1-4H3,(H,27,29)/t18-,19?,20?,21?,26?/m0/s1. The number of fused-ring (bicyclic) bond motifs is 1.